The highest BCUT2D eigenvalue weighted by Gasteiger charge is 2.23. The fourth-order valence-corrected chi connectivity index (χ4v) is 3.34. The van der Waals surface area contributed by atoms with Gasteiger partial charge in [-0.25, -0.2) is 9.97 Å². The molecule has 2 N–H and O–H groups in total. The van der Waals surface area contributed by atoms with E-state index < -0.39 is 0 Å². The third-order valence-electron chi connectivity index (χ3n) is 3.88. The molecule has 1 aliphatic heterocycles. The molecule has 0 bridgehead atoms. The lowest BCUT2D eigenvalue weighted by Crippen LogP contribution is -2.37. The van der Waals surface area contributed by atoms with Gasteiger partial charge in [0.05, 0.1) is 5.52 Å². The highest BCUT2D eigenvalue weighted by Crippen LogP contribution is 2.30. The van der Waals surface area contributed by atoms with Crippen LogP contribution in [0.5, 0.6) is 0 Å². The van der Waals surface area contributed by atoms with Crippen LogP contribution in [-0.2, 0) is 4.79 Å². The van der Waals surface area contributed by atoms with Gasteiger partial charge >= 0.3 is 0 Å². The van der Waals surface area contributed by atoms with Gasteiger partial charge in [0, 0.05) is 29.4 Å². The van der Waals surface area contributed by atoms with Crippen LogP contribution >= 0.6 is 15.9 Å². The van der Waals surface area contributed by atoms with Crippen molar-refractivity contribution >= 4 is 38.6 Å². The third kappa shape index (κ3) is 3.15. The molecule has 21 heavy (non-hydrogen) atoms. The Labute approximate surface area is 131 Å². The first-order valence-corrected chi connectivity index (χ1v) is 7.86. The lowest BCUT2D eigenvalue weighted by Gasteiger charge is -2.33. The number of hydrogen-bond acceptors (Lipinski definition) is 4. The summed E-state index contributed by atoms with van der Waals surface area (Å²) in [7, 11) is 0. The summed E-state index contributed by atoms with van der Waals surface area (Å²) in [4.78, 5) is 22.2. The summed E-state index contributed by atoms with van der Waals surface area (Å²) in [6, 6.07) is 6.00. The molecule has 0 saturated carbocycles. The van der Waals surface area contributed by atoms with Crippen molar-refractivity contribution < 1.29 is 4.79 Å². The number of fused-ring (bicyclic) bond motifs is 1. The first kappa shape index (κ1) is 14.3. The Balaban J connectivity index is 1.92. The van der Waals surface area contributed by atoms with Crippen molar-refractivity contribution in [3.63, 3.8) is 0 Å². The number of piperidine rings is 1. The fraction of sp³-hybridized carbons (Fsp3) is 0.400. The Hall–Kier alpha value is -1.69. The number of aromatic nitrogens is 2. The third-order valence-corrected chi connectivity index (χ3v) is 4.38. The predicted octanol–water partition coefficient (Wildman–Crippen LogP) is 2.48. The van der Waals surface area contributed by atoms with Crippen LogP contribution in [-0.4, -0.2) is 29.0 Å². The van der Waals surface area contributed by atoms with Gasteiger partial charge in [0.25, 0.3) is 0 Å². The van der Waals surface area contributed by atoms with Crippen molar-refractivity contribution in [1.82, 2.24) is 9.97 Å². The van der Waals surface area contributed by atoms with E-state index in [2.05, 4.69) is 30.8 Å². The van der Waals surface area contributed by atoms with Gasteiger partial charge in [-0.1, -0.05) is 15.9 Å². The smallest absolute Gasteiger partial charge is 0.217 e. The summed E-state index contributed by atoms with van der Waals surface area (Å²) in [5, 5.41) is 1.03. The second-order valence-electron chi connectivity index (χ2n) is 5.48. The average Bonchev–Trinajstić information content (AvgIpc) is 2.46. The largest absolute Gasteiger partial charge is 0.370 e. The van der Waals surface area contributed by atoms with Crippen LogP contribution in [0.1, 0.15) is 19.3 Å². The maximum atomic E-state index is 11.1. The Morgan fingerprint density at radius 1 is 1.43 bits per heavy atom. The van der Waals surface area contributed by atoms with E-state index in [0.717, 1.165) is 47.1 Å². The van der Waals surface area contributed by atoms with Crippen LogP contribution in [0.2, 0.25) is 0 Å². The number of primary amides is 1. The number of hydrogen-bond donors (Lipinski definition) is 1. The first-order chi connectivity index (χ1) is 10.1. The van der Waals surface area contributed by atoms with E-state index in [9.17, 15) is 4.79 Å². The van der Waals surface area contributed by atoms with Crippen LogP contribution in [0, 0.1) is 5.92 Å². The molecule has 1 fully saturated rings. The molecule has 5 nitrogen and oxygen atoms in total. The zero-order chi connectivity index (χ0) is 14.8. The van der Waals surface area contributed by atoms with E-state index >= 15 is 0 Å². The van der Waals surface area contributed by atoms with Crippen LogP contribution in [0.25, 0.3) is 10.9 Å². The number of benzene rings is 1. The molecule has 0 aliphatic carbocycles. The summed E-state index contributed by atoms with van der Waals surface area (Å²) < 4.78 is 1.01. The van der Waals surface area contributed by atoms with Gasteiger partial charge in [-0.2, -0.15) is 0 Å². The molecule has 1 amide bonds. The second-order valence-corrected chi connectivity index (χ2v) is 6.40. The maximum absolute atomic E-state index is 11.1. The summed E-state index contributed by atoms with van der Waals surface area (Å²) in [5.74, 6) is 1.03. The number of nitrogens with two attached hydrogens (primary N) is 1. The van der Waals surface area contributed by atoms with Crippen molar-refractivity contribution in [2.24, 2.45) is 11.7 Å². The molecule has 1 saturated heterocycles. The van der Waals surface area contributed by atoms with E-state index in [4.69, 9.17) is 5.73 Å². The lowest BCUT2D eigenvalue weighted by atomic mass is 9.94. The van der Waals surface area contributed by atoms with E-state index in [0.29, 0.717) is 12.3 Å². The van der Waals surface area contributed by atoms with E-state index in [1.165, 1.54) is 0 Å². The normalized spacial score (nSPS) is 18.9. The van der Waals surface area contributed by atoms with E-state index in [1.54, 1.807) is 6.33 Å². The Kier molecular flexibility index (Phi) is 4.05. The Bertz CT molecular complexity index is 676. The fourth-order valence-electron chi connectivity index (χ4n) is 2.98. The van der Waals surface area contributed by atoms with Gasteiger partial charge < -0.3 is 10.6 Å². The summed E-state index contributed by atoms with van der Waals surface area (Å²) in [6.07, 6.45) is 4.15. The second kappa shape index (κ2) is 5.97. The van der Waals surface area contributed by atoms with Crippen molar-refractivity contribution in [3.05, 3.63) is 29.0 Å². The molecule has 1 atom stereocenters. The van der Waals surface area contributed by atoms with Crippen LogP contribution in [0.15, 0.2) is 29.0 Å². The van der Waals surface area contributed by atoms with Crippen LogP contribution in [0.4, 0.5) is 5.82 Å². The molecule has 0 radical (unpaired) electrons. The van der Waals surface area contributed by atoms with E-state index in [-0.39, 0.29) is 5.91 Å². The number of anilines is 1. The molecule has 1 aromatic heterocycles. The SMILES string of the molecule is NC(=O)CC1CCCN(c2ncnc3ccc(Br)cc23)C1. The lowest BCUT2D eigenvalue weighted by molar-refractivity contribution is -0.118. The minimum Gasteiger partial charge on any atom is -0.370 e. The minimum atomic E-state index is -0.225. The minimum absolute atomic E-state index is 0.225. The summed E-state index contributed by atoms with van der Waals surface area (Å²) in [5.41, 5.74) is 6.26. The van der Waals surface area contributed by atoms with Gasteiger partial charge in [-0.05, 0) is 37.0 Å². The topological polar surface area (TPSA) is 72.1 Å². The summed E-state index contributed by atoms with van der Waals surface area (Å²) >= 11 is 3.50. The molecule has 2 heterocycles. The van der Waals surface area contributed by atoms with Crippen molar-refractivity contribution in [2.75, 3.05) is 18.0 Å². The average molecular weight is 349 g/mol. The highest BCUT2D eigenvalue weighted by atomic mass is 79.9. The van der Waals surface area contributed by atoms with Crippen LogP contribution in [0.3, 0.4) is 0 Å². The molecule has 0 spiro atoms. The first-order valence-electron chi connectivity index (χ1n) is 7.07. The molecule has 2 aromatic rings. The molecule has 1 aromatic carbocycles. The molecular formula is C15H17BrN4O. The van der Waals surface area contributed by atoms with Gasteiger partial charge in [0.15, 0.2) is 0 Å². The predicted molar refractivity (Wildman–Crippen MR) is 86.0 cm³/mol. The monoisotopic (exact) mass is 348 g/mol. The molecule has 3 rings (SSSR count). The molecular weight excluding hydrogens is 332 g/mol. The Morgan fingerprint density at radius 3 is 3.10 bits per heavy atom. The van der Waals surface area contributed by atoms with E-state index in [1.807, 2.05) is 18.2 Å². The van der Waals surface area contributed by atoms with Crippen molar-refractivity contribution in [2.45, 2.75) is 19.3 Å². The molecule has 110 valence electrons. The molecule has 6 heteroatoms. The van der Waals surface area contributed by atoms with Crippen LogP contribution < -0.4 is 10.6 Å². The quantitative estimate of drug-likeness (QED) is 0.924. The highest BCUT2D eigenvalue weighted by molar-refractivity contribution is 9.10. The number of nitrogens with zero attached hydrogens (tertiary/aromatic N) is 3. The number of halogens is 1. The van der Waals surface area contributed by atoms with Crippen molar-refractivity contribution in [1.29, 1.82) is 0 Å². The maximum Gasteiger partial charge on any atom is 0.217 e. The number of carbonyl (C=O) groups excluding carboxylic acids is 1. The number of carbonyl (C=O) groups is 1. The standard InChI is InChI=1S/C15H17BrN4O/c16-11-3-4-13-12(7-11)15(19-9-18-13)20-5-1-2-10(8-20)6-14(17)21/h3-4,7,9-10H,1-2,5-6,8H2,(H2,17,21). The van der Waals surface area contributed by atoms with Gasteiger partial charge in [0.1, 0.15) is 12.1 Å². The van der Waals surface area contributed by atoms with Gasteiger partial charge in [-0.15, -0.1) is 0 Å². The number of amides is 1. The molecule has 1 aliphatic rings. The van der Waals surface area contributed by atoms with Gasteiger partial charge in [-0.3, -0.25) is 4.79 Å². The Morgan fingerprint density at radius 2 is 2.29 bits per heavy atom. The molecule has 1 unspecified atom stereocenters. The zero-order valence-corrected chi connectivity index (χ0v) is 13.2. The van der Waals surface area contributed by atoms with Gasteiger partial charge in [0.2, 0.25) is 5.91 Å². The number of rotatable bonds is 3. The summed E-state index contributed by atoms with van der Waals surface area (Å²) in [6.45, 7) is 1.77. The zero-order valence-electron chi connectivity index (χ0n) is 11.6. The van der Waals surface area contributed by atoms with Crippen molar-refractivity contribution in [3.8, 4) is 0 Å².